The number of anilines is 1. The molecule has 3 aromatic rings. The molecule has 8 nitrogen and oxygen atoms in total. The Kier molecular flexibility index (Phi) is 4.43. The predicted octanol–water partition coefficient (Wildman–Crippen LogP) is 1.55. The summed E-state index contributed by atoms with van der Waals surface area (Å²) in [5.74, 6) is -1.70. The molecule has 0 aliphatic heterocycles. The molecule has 1 aromatic carbocycles. The summed E-state index contributed by atoms with van der Waals surface area (Å²) in [5, 5.41) is 2.56. The van der Waals surface area contributed by atoms with Gasteiger partial charge in [0.05, 0.1) is 4.90 Å². The third-order valence-corrected chi connectivity index (χ3v) is 4.80. The number of carbonyl (C=O) groups is 2. The Hall–Kier alpha value is -3.27. The summed E-state index contributed by atoms with van der Waals surface area (Å²) < 4.78 is 40.1. The third-order valence-electron chi connectivity index (χ3n) is 3.35. The van der Waals surface area contributed by atoms with Gasteiger partial charge in [0.15, 0.2) is 0 Å². The fraction of sp³-hybridized carbons (Fsp3) is 0.0625. The lowest BCUT2D eigenvalue weighted by Gasteiger charge is -2.06. The zero-order valence-corrected chi connectivity index (χ0v) is 14.2. The minimum atomic E-state index is -3.94. The monoisotopic (exact) mass is 376 g/mol. The topological polar surface area (TPSA) is 110 Å². The van der Waals surface area contributed by atoms with Crippen LogP contribution in [0, 0.1) is 5.82 Å². The summed E-state index contributed by atoms with van der Waals surface area (Å²) in [6.45, 7) is 1.09. The Morgan fingerprint density at radius 2 is 1.77 bits per heavy atom. The average molecular weight is 376 g/mol. The molecule has 0 unspecified atom stereocenters. The molecule has 3 rings (SSSR count). The van der Waals surface area contributed by atoms with Crippen LogP contribution in [-0.4, -0.2) is 29.6 Å². The van der Waals surface area contributed by atoms with Gasteiger partial charge in [-0.15, -0.1) is 0 Å². The Bertz CT molecular complexity index is 1110. The van der Waals surface area contributed by atoms with E-state index in [4.69, 9.17) is 0 Å². The van der Waals surface area contributed by atoms with Gasteiger partial charge < -0.3 is 9.72 Å². The fourth-order valence-electron chi connectivity index (χ4n) is 2.23. The SMILES string of the molecule is CC(=O)NS(=O)(=O)c1ccc(NC(=O)c2cn3cc(F)ccc3n2)cc1. The number of sulfonamides is 1. The molecule has 10 heteroatoms. The molecule has 0 spiro atoms. The molecule has 2 heterocycles. The molecule has 0 radical (unpaired) electrons. The summed E-state index contributed by atoms with van der Waals surface area (Å²) in [4.78, 5) is 27.1. The zero-order chi connectivity index (χ0) is 18.9. The third kappa shape index (κ3) is 3.70. The number of benzene rings is 1. The van der Waals surface area contributed by atoms with E-state index >= 15 is 0 Å². The van der Waals surface area contributed by atoms with E-state index in [-0.39, 0.29) is 10.6 Å². The van der Waals surface area contributed by atoms with Gasteiger partial charge >= 0.3 is 0 Å². The molecule has 2 aromatic heterocycles. The summed E-state index contributed by atoms with van der Waals surface area (Å²) in [6, 6.07) is 7.93. The van der Waals surface area contributed by atoms with Gasteiger partial charge in [-0.25, -0.2) is 22.5 Å². The number of carbonyl (C=O) groups excluding carboxylic acids is 2. The highest BCUT2D eigenvalue weighted by Gasteiger charge is 2.16. The molecule has 0 aliphatic rings. The van der Waals surface area contributed by atoms with E-state index in [2.05, 4.69) is 10.3 Å². The molecule has 26 heavy (non-hydrogen) atoms. The highest BCUT2D eigenvalue weighted by atomic mass is 32.2. The van der Waals surface area contributed by atoms with Gasteiger partial charge in [-0.2, -0.15) is 0 Å². The number of nitrogens with one attached hydrogen (secondary N) is 2. The molecule has 0 atom stereocenters. The van der Waals surface area contributed by atoms with E-state index in [0.717, 1.165) is 6.92 Å². The second-order valence-corrected chi connectivity index (χ2v) is 7.06. The molecule has 134 valence electrons. The summed E-state index contributed by atoms with van der Waals surface area (Å²) in [6.07, 6.45) is 2.57. The first-order valence-corrected chi connectivity index (χ1v) is 8.82. The second kappa shape index (κ2) is 6.56. The van der Waals surface area contributed by atoms with Crippen LogP contribution < -0.4 is 10.0 Å². The molecule has 0 saturated heterocycles. The van der Waals surface area contributed by atoms with Crippen LogP contribution in [-0.2, 0) is 14.8 Å². The number of pyridine rings is 1. The van der Waals surface area contributed by atoms with Gasteiger partial charge in [-0.3, -0.25) is 9.59 Å². The number of halogens is 1. The van der Waals surface area contributed by atoms with E-state index in [0.29, 0.717) is 11.3 Å². The average Bonchev–Trinajstić information content (AvgIpc) is 2.97. The van der Waals surface area contributed by atoms with Crippen molar-refractivity contribution in [1.82, 2.24) is 14.1 Å². The molecular formula is C16H13FN4O4S. The maximum Gasteiger partial charge on any atom is 0.275 e. The number of rotatable bonds is 4. The van der Waals surface area contributed by atoms with Crippen LogP contribution in [0.4, 0.5) is 10.1 Å². The lowest BCUT2D eigenvalue weighted by molar-refractivity contribution is -0.117. The van der Waals surface area contributed by atoms with Crippen LogP contribution in [0.25, 0.3) is 5.65 Å². The van der Waals surface area contributed by atoms with Crippen molar-refractivity contribution in [3.63, 3.8) is 0 Å². The number of hydrogen-bond donors (Lipinski definition) is 2. The van der Waals surface area contributed by atoms with E-state index in [1.165, 1.54) is 53.2 Å². The van der Waals surface area contributed by atoms with Gasteiger partial charge in [0, 0.05) is 25.0 Å². The Labute approximate surface area is 147 Å². The van der Waals surface area contributed by atoms with Gasteiger partial charge in [-0.05, 0) is 36.4 Å². The summed E-state index contributed by atoms with van der Waals surface area (Å²) in [7, 11) is -3.94. The predicted molar refractivity (Wildman–Crippen MR) is 90.5 cm³/mol. The van der Waals surface area contributed by atoms with E-state index in [1.807, 2.05) is 4.72 Å². The van der Waals surface area contributed by atoms with E-state index in [1.54, 1.807) is 0 Å². The number of hydrogen-bond acceptors (Lipinski definition) is 5. The molecular weight excluding hydrogens is 363 g/mol. The lowest BCUT2D eigenvalue weighted by atomic mass is 10.3. The Morgan fingerprint density at radius 1 is 1.08 bits per heavy atom. The van der Waals surface area contributed by atoms with Crippen LogP contribution in [0.5, 0.6) is 0 Å². The van der Waals surface area contributed by atoms with Crippen LogP contribution in [0.15, 0.2) is 53.7 Å². The Morgan fingerprint density at radius 3 is 2.42 bits per heavy atom. The van der Waals surface area contributed by atoms with Crippen LogP contribution in [0.2, 0.25) is 0 Å². The molecule has 0 bridgehead atoms. The van der Waals surface area contributed by atoms with Gasteiger partial charge in [-0.1, -0.05) is 0 Å². The smallest absolute Gasteiger partial charge is 0.275 e. The highest BCUT2D eigenvalue weighted by molar-refractivity contribution is 7.90. The minimum Gasteiger partial charge on any atom is -0.321 e. The zero-order valence-electron chi connectivity index (χ0n) is 13.4. The maximum absolute atomic E-state index is 13.2. The summed E-state index contributed by atoms with van der Waals surface area (Å²) >= 11 is 0. The number of amides is 2. The lowest BCUT2D eigenvalue weighted by Crippen LogP contribution is -2.28. The van der Waals surface area contributed by atoms with Gasteiger partial charge in [0.25, 0.3) is 15.9 Å². The minimum absolute atomic E-state index is 0.0746. The van der Waals surface area contributed by atoms with Crippen molar-refractivity contribution in [1.29, 1.82) is 0 Å². The van der Waals surface area contributed by atoms with E-state index < -0.39 is 27.7 Å². The molecule has 2 amide bonds. The molecule has 0 aliphatic carbocycles. The number of imidazole rings is 1. The number of aromatic nitrogens is 2. The molecule has 0 saturated carbocycles. The standard InChI is InChI=1S/C16H13FN4O4S/c1-10(22)20-26(24,25)13-5-3-12(4-6-13)18-16(23)14-9-21-8-11(17)2-7-15(21)19-14/h2-9H,1H3,(H,18,23)(H,20,22). The number of nitrogens with zero attached hydrogens (tertiary/aromatic N) is 2. The summed E-state index contributed by atoms with van der Waals surface area (Å²) in [5.41, 5.74) is 0.818. The van der Waals surface area contributed by atoms with Crippen molar-refractivity contribution >= 4 is 33.2 Å². The first kappa shape index (κ1) is 17.5. The molecule has 2 N–H and O–H groups in total. The second-order valence-electron chi connectivity index (χ2n) is 5.38. The van der Waals surface area contributed by atoms with Crippen LogP contribution in [0.1, 0.15) is 17.4 Å². The van der Waals surface area contributed by atoms with Crippen molar-refractivity contribution in [2.45, 2.75) is 11.8 Å². The fourth-order valence-corrected chi connectivity index (χ4v) is 3.23. The van der Waals surface area contributed by atoms with Crippen molar-refractivity contribution in [3.8, 4) is 0 Å². The number of fused-ring (bicyclic) bond motifs is 1. The highest BCUT2D eigenvalue weighted by Crippen LogP contribution is 2.15. The largest absolute Gasteiger partial charge is 0.321 e. The van der Waals surface area contributed by atoms with Crippen molar-refractivity contribution in [3.05, 3.63) is 60.3 Å². The van der Waals surface area contributed by atoms with Crippen molar-refractivity contribution in [2.24, 2.45) is 0 Å². The first-order valence-electron chi connectivity index (χ1n) is 7.34. The van der Waals surface area contributed by atoms with Gasteiger partial charge in [0.1, 0.15) is 17.2 Å². The van der Waals surface area contributed by atoms with Crippen LogP contribution >= 0.6 is 0 Å². The molecule has 0 fully saturated rings. The maximum atomic E-state index is 13.2. The Balaban J connectivity index is 1.77. The van der Waals surface area contributed by atoms with E-state index in [9.17, 15) is 22.4 Å². The van der Waals surface area contributed by atoms with Gasteiger partial charge in [0.2, 0.25) is 5.91 Å². The van der Waals surface area contributed by atoms with Crippen molar-refractivity contribution < 1.29 is 22.4 Å². The first-order chi connectivity index (χ1) is 12.2. The van der Waals surface area contributed by atoms with Crippen LogP contribution in [0.3, 0.4) is 0 Å². The quantitative estimate of drug-likeness (QED) is 0.718. The normalized spacial score (nSPS) is 11.3. The van der Waals surface area contributed by atoms with Crippen molar-refractivity contribution in [2.75, 3.05) is 5.32 Å².